The number of hydrogen-bond donors (Lipinski definition) is 2. The number of ether oxygens (including phenoxy) is 1. The number of nitrogens with zero attached hydrogens (tertiary/aromatic N) is 5. The number of benzene rings is 3. The number of para-hydroxylation sites is 1. The van der Waals surface area contributed by atoms with Gasteiger partial charge in [0, 0.05) is 21.7 Å². The second-order valence-electron chi connectivity index (χ2n) is 13.8. The standard InChI is InChI=1S/C39H50ClN7O4S/c1-6-8-11-16-28-21-24-34(29(26-28)17-12-9-7-2)51-25-15-20-35(48)41-30-22-23-32(40)33(27-30)42-38(50)36(37(49)39(3,4)5)52-47-45-43-44-46(47)31-18-13-10-14-19-31/h10,13-14,18-19,21-24,26-27,36H,6-9,11-12,15-17,20,25H2,1-5H3,(H-,41,42,48,50)/p+1. The van der Waals surface area contributed by atoms with Gasteiger partial charge in [-0.2, -0.15) is 0 Å². The molecule has 0 fully saturated rings. The van der Waals surface area contributed by atoms with Crippen molar-refractivity contribution >= 4 is 52.5 Å². The molecule has 1 heterocycles. The smallest absolute Gasteiger partial charge is 0.247 e. The normalized spacial score (nSPS) is 12.0. The number of rotatable bonds is 20. The van der Waals surface area contributed by atoms with E-state index in [2.05, 4.69) is 58.3 Å². The third-order valence-electron chi connectivity index (χ3n) is 8.36. The third-order valence-corrected chi connectivity index (χ3v) is 9.75. The van der Waals surface area contributed by atoms with Crippen LogP contribution < -0.4 is 20.2 Å². The maximum absolute atomic E-state index is 13.7. The lowest BCUT2D eigenvalue weighted by Gasteiger charge is -2.22. The second kappa shape index (κ2) is 20.1. The van der Waals surface area contributed by atoms with E-state index in [0.717, 1.165) is 43.4 Å². The quantitative estimate of drug-likeness (QED) is 0.0529. The molecule has 3 aromatic carbocycles. The van der Waals surface area contributed by atoms with Gasteiger partial charge in [0.05, 0.1) is 29.3 Å². The number of anilines is 2. The zero-order chi connectivity index (χ0) is 37.5. The highest BCUT2D eigenvalue weighted by atomic mass is 35.5. The number of ketones is 1. The maximum Gasteiger partial charge on any atom is 0.247 e. The van der Waals surface area contributed by atoms with Crippen molar-refractivity contribution in [2.75, 3.05) is 17.2 Å². The Labute approximate surface area is 316 Å². The minimum Gasteiger partial charge on any atom is -0.493 e. The maximum atomic E-state index is 13.7. The highest BCUT2D eigenvalue weighted by molar-refractivity contribution is 7.99. The van der Waals surface area contributed by atoms with E-state index >= 15 is 0 Å². The molecule has 0 spiro atoms. The van der Waals surface area contributed by atoms with Crippen LogP contribution in [0, 0.1) is 5.41 Å². The zero-order valence-electron chi connectivity index (χ0n) is 30.9. The Bertz CT molecular complexity index is 1780. The molecule has 0 aliphatic heterocycles. The molecule has 0 aliphatic rings. The van der Waals surface area contributed by atoms with Crippen molar-refractivity contribution in [2.45, 2.75) is 104 Å². The van der Waals surface area contributed by atoms with E-state index < -0.39 is 16.6 Å². The van der Waals surface area contributed by atoms with Crippen molar-refractivity contribution < 1.29 is 23.9 Å². The van der Waals surface area contributed by atoms with Gasteiger partial charge in [-0.15, -0.1) is 0 Å². The lowest BCUT2D eigenvalue weighted by Crippen LogP contribution is -2.46. The predicted molar refractivity (Wildman–Crippen MR) is 207 cm³/mol. The third kappa shape index (κ3) is 12.2. The summed E-state index contributed by atoms with van der Waals surface area (Å²) >= 11 is 7.35. The molecule has 13 heteroatoms. The van der Waals surface area contributed by atoms with E-state index in [1.54, 1.807) is 51.1 Å². The molecule has 0 saturated heterocycles. The van der Waals surface area contributed by atoms with Crippen LogP contribution in [0.5, 0.6) is 5.75 Å². The lowest BCUT2D eigenvalue weighted by atomic mass is 9.88. The number of aromatic nitrogens is 5. The van der Waals surface area contributed by atoms with E-state index in [4.69, 9.17) is 16.3 Å². The van der Waals surface area contributed by atoms with Crippen LogP contribution in [0.4, 0.5) is 11.4 Å². The monoisotopic (exact) mass is 748 g/mol. The van der Waals surface area contributed by atoms with Crippen LogP contribution in [0.3, 0.4) is 0 Å². The van der Waals surface area contributed by atoms with Gasteiger partial charge in [-0.05, 0) is 84.4 Å². The van der Waals surface area contributed by atoms with Gasteiger partial charge in [-0.1, -0.05) is 102 Å². The Kier molecular flexibility index (Phi) is 15.6. The van der Waals surface area contributed by atoms with Crippen molar-refractivity contribution in [1.82, 2.24) is 19.8 Å². The van der Waals surface area contributed by atoms with E-state index in [1.807, 2.05) is 18.2 Å². The van der Waals surface area contributed by atoms with Crippen LogP contribution in [0.1, 0.15) is 97.1 Å². The van der Waals surface area contributed by atoms with E-state index in [0.29, 0.717) is 24.4 Å². The van der Waals surface area contributed by atoms with Gasteiger partial charge in [-0.3, -0.25) is 14.4 Å². The Hall–Kier alpha value is -4.29. The Balaban J connectivity index is 1.37. The molecule has 0 aliphatic carbocycles. The number of amides is 2. The first-order valence-electron chi connectivity index (χ1n) is 18.1. The number of unbranched alkanes of at least 4 members (excludes halogenated alkanes) is 4. The summed E-state index contributed by atoms with van der Waals surface area (Å²) in [5.41, 5.74) is 3.10. The topological polar surface area (TPSA) is 132 Å². The summed E-state index contributed by atoms with van der Waals surface area (Å²) in [6.07, 6.45) is 9.93. The number of aryl methyl sites for hydroxylation is 2. The fraction of sp³-hybridized carbons (Fsp3) is 0.462. The molecular formula is C39H51ClN7O4S+. The number of carbonyl (C=O) groups is 3. The molecular weight excluding hydrogens is 698 g/mol. The number of halogens is 1. The molecule has 0 radical (unpaired) electrons. The van der Waals surface area contributed by atoms with E-state index in [9.17, 15) is 14.4 Å². The van der Waals surface area contributed by atoms with Crippen molar-refractivity contribution in [3.8, 4) is 11.4 Å². The van der Waals surface area contributed by atoms with Gasteiger partial charge in [0.25, 0.3) is 0 Å². The van der Waals surface area contributed by atoms with Crippen LogP contribution in [0.15, 0.2) is 66.7 Å². The summed E-state index contributed by atoms with van der Waals surface area (Å²) in [5.74, 6) is -0.238. The second-order valence-corrected chi connectivity index (χ2v) is 15.2. The first kappa shape index (κ1) is 40.5. The molecule has 2 amide bonds. The summed E-state index contributed by atoms with van der Waals surface area (Å²) < 4.78 is 7.47. The fourth-order valence-corrected chi connectivity index (χ4v) is 6.69. The van der Waals surface area contributed by atoms with Crippen molar-refractivity contribution in [2.24, 2.45) is 5.41 Å². The lowest BCUT2D eigenvalue weighted by molar-refractivity contribution is -0.728. The minimum atomic E-state index is -1.22. The zero-order valence-corrected chi connectivity index (χ0v) is 32.4. The largest absolute Gasteiger partial charge is 0.493 e. The van der Waals surface area contributed by atoms with Gasteiger partial charge in [-0.25, -0.2) is 0 Å². The summed E-state index contributed by atoms with van der Waals surface area (Å²) in [6.45, 7) is 10.1. The van der Waals surface area contributed by atoms with Crippen molar-refractivity contribution in [1.29, 1.82) is 0 Å². The number of nitrogens with one attached hydrogen (secondary N) is 2. The first-order chi connectivity index (χ1) is 25.0. The van der Waals surface area contributed by atoms with Gasteiger partial charge < -0.3 is 15.4 Å². The summed E-state index contributed by atoms with van der Waals surface area (Å²) in [7, 11) is 0. The Morgan fingerprint density at radius 1 is 0.904 bits per heavy atom. The van der Waals surface area contributed by atoms with Gasteiger partial charge in [0.2, 0.25) is 22.2 Å². The van der Waals surface area contributed by atoms with E-state index in [1.165, 1.54) is 45.8 Å². The number of hydrogen-bond acceptors (Lipinski definition) is 8. The minimum absolute atomic E-state index is 0.196. The SMILES string of the molecule is CCCCCc1ccc(OCCCC(=O)Nc2ccc(Cl)c(NC(=O)C(Sn3nnn[n+]3-c3ccccc3)C(=O)C(C)(C)C)c2)c(CCCCC)c1. The summed E-state index contributed by atoms with van der Waals surface area (Å²) in [6, 6.07) is 20.5. The number of carbonyl (C=O) groups excluding carboxylic acids is 3. The molecule has 1 aromatic heterocycles. The average Bonchev–Trinajstić information content (AvgIpc) is 3.59. The van der Waals surface area contributed by atoms with Gasteiger partial charge in [0.15, 0.2) is 16.7 Å². The van der Waals surface area contributed by atoms with Crippen molar-refractivity contribution in [3.05, 3.63) is 82.9 Å². The predicted octanol–water partition coefficient (Wildman–Crippen LogP) is 7.99. The fourth-order valence-electron chi connectivity index (χ4n) is 5.45. The number of Topliss-reactive ketones (excluding diaryl/α,β-unsaturated/α-hetero) is 1. The van der Waals surface area contributed by atoms with Crippen molar-refractivity contribution in [3.63, 3.8) is 0 Å². The molecule has 4 rings (SSSR count). The van der Waals surface area contributed by atoms with Gasteiger partial charge in [0.1, 0.15) is 11.0 Å². The van der Waals surface area contributed by atoms with Crippen LogP contribution in [0.2, 0.25) is 5.02 Å². The molecule has 52 heavy (non-hydrogen) atoms. The van der Waals surface area contributed by atoms with Crippen LogP contribution in [-0.2, 0) is 27.2 Å². The molecule has 4 aromatic rings. The Morgan fingerprint density at radius 3 is 2.35 bits per heavy atom. The van der Waals surface area contributed by atoms with Crippen LogP contribution in [0.25, 0.3) is 5.69 Å². The van der Waals surface area contributed by atoms with Gasteiger partial charge >= 0.3 is 0 Å². The highest BCUT2D eigenvalue weighted by Crippen LogP contribution is 2.30. The average molecular weight is 749 g/mol. The Morgan fingerprint density at radius 2 is 1.63 bits per heavy atom. The molecule has 0 bridgehead atoms. The molecule has 11 nitrogen and oxygen atoms in total. The van der Waals surface area contributed by atoms with Crippen LogP contribution in [-0.4, -0.2) is 49.3 Å². The molecule has 2 N–H and O–H groups in total. The highest BCUT2D eigenvalue weighted by Gasteiger charge is 2.38. The molecule has 1 unspecified atom stereocenters. The summed E-state index contributed by atoms with van der Waals surface area (Å²) in [4.78, 5) is 41.6. The van der Waals surface area contributed by atoms with Crippen LogP contribution >= 0.6 is 23.5 Å². The molecule has 278 valence electrons. The van der Waals surface area contributed by atoms with E-state index in [-0.39, 0.29) is 28.8 Å². The summed E-state index contributed by atoms with van der Waals surface area (Å²) in [5, 5.41) is 16.5. The molecule has 1 atom stereocenters. The molecule has 0 saturated carbocycles. The first-order valence-corrected chi connectivity index (χ1v) is 19.3.